The first-order valence-electron chi connectivity index (χ1n) is 20.5. The van der Waals surface area contributed by atoms with Crippen molar-refractivity contribution in [1.29, 1.82) is 0 Å². The highest BCUT2D eigenvalue weighted by molar-refractivity contribution is 7.47. The Hall–Kier alpha value is -2.59. The number of rotatable bonds is 37. The van der Waals surface area contributed by atoms with Gasteiger partial charge in [0.15, 0.2) is 6.10 Å². The number of aliphatic hydroxyl groups excluding tert-OH is 1. The molecule has 0 fully saturated rings. The molecule has 10 nitrogen and oxygen atoms in total. The second-order valence-corrected chi connectivity index (χ2v) is 14.8. The van der Waals surface area contributed by atoms with Gasteiger partial charge in [-0.3, -0.25) is 18.6 Å². The van der Waals surface area contributed by atoms with E-state index in [9.17, 15) is 24.2 Å². The highest BCUT2D eigenvalue weighted by atomic mass is 31.2. The van der Waals surface area contributed by atoms with E-state index in [0.29, 0.717) is 25.7 Å². The van der Waals surface area contributed by atoms with Crippen molar-refractivity contribution in [1.82, 2.24) is 0 Å². The van der Waals surface area contributed by atoms with Crippen LogP contribution in [0.5, 0.6) is 0 Å². The Bertz CT molecular complexity index is 1130. The molecule has 310 valence electrons. The number of hydrogen-bond acceptors (Lipinski definition) is 9. The number of aliphatic hydroxyl groups is 1. The van der Waals surface area contributed by atoms with Crippen LogP contribution in [-0.4, -0.2) is 60.5 Å². The number of phosphoric ester groups is 1. The van der Waals surface area contributed by atoms with E-state index >= 15 is 0 Å². The number of nitrogens with two attached hydrogens (primary N) is 1. The predicted octanol–water partition coefficient (Wildman–Crippen LogP) is 10.5. The zero-order valence-electron chi connectivity index (χ0n) is 33.5. The van der Waals surface area contributed by atoms with Gasteiger partial charge >= 0.3 is 19.8 Å². The molecule has 0 aromatic carbocycles. The Labute approximate surface area is 327 Å². The lowest BCUT2D eigenvalue weighted by Gasteiger charge is -2.19. The molecule has 2 unspecified atom stereocenters. The summed E-state index contributed by atoms with van der Waals surface area (Å²) in [5.41, 5.74) is 5.33. The second kappa shape index (κ2) is 38.7. The third-order valence-electron chi connectivity index (χ3n) is 8.15. The van der Waals surface area contributed by atoms with E-state index in [-0.39, 0.29) is 32.6 Å². The smallest absolute Gasteiger partial charge is 0.462 e. The van der Waals surface area contributed by atoms with Gasteiger partial charge < -0.3 is 25.2 Å². The van der Waals surface area contributed by atoms with E-state index in [1.807, 2.05) is 55.5 Å². The number of hydrogen-bond donors (Lipinski definition) is 3. The largest absolute Gasteiger partial charge is 0.472 e. The summed E-state index contributed by atoms with van der Waals surface area (Å²) >= 11 is 0. The third-order valence-corrected chi connectivity index (χ3v) is 9.14. The summed E-state index contributed by atoms with van der Waals surface area (Å²) in [7, 11) is -4.40. The van der Waals surface area contributed by atoms with Crippen LogP contribution in [0.15, 0.2) is 72.9 Å². The van der Waals surface area contributed by atoms with Gasteiger partial charge in [-0.15, -0.1) is 0 Å². The lowest BCUT2D eigenvalue weighted by atomic mass is 10.1. The molecule has 0 saturated heterocycles. The molecule has 0 aromatic rings. The summed E-state index contributed by atoms with van der Waals surface area (Å²) < 4.78 is 32.6. The summed E-state index contributed by atoms with van der Waals surface area (Å²) in [6.07, 6.45) is 42.8. The van der Waals surface area contributed by atoms with Crippen molar-refractivity contribution in [3.05, 3.63) is 72.9 Å². The standard InChI is InChI=1S/C43H74NO9P/c1-3-5-7-8-9-10-11-12-13-14-19-22-25-28-31-35-43(47)53-41(39-52-54(48,49)51-37-36-44)38-50-42(46)34-30-27-24-21-18-16-15-17-20-23-26-29-33-40(45)32-6-4-2/h6,10-11,15-16,20-21,23-24,26,29,32,40-41,45H,3-5,7-9,12-14,17-19,22,25,27-28,30-31,33-39,44H2,1-2H3,(H,48,49)/b11-10-,16-15-,23-20-,24-21-,29-26+,32-6-/t40?,41-/m1/s1. The first-order valence-corrected chi connectivity index (χ1v) is 22.0. The fourth-order valence-electron chi connectivity index (χ4n) is 5.10. The fourth-order valence-corrected chi connectivity index (χ4v) is 5.86. The van der Waals surface area contributed by atoms with Crippen molar-refractivity contribution in [2.75, 3.05) is 26.4 Å². The lowest BCUT2D eigenvalue weighted by molar-refractivity contribution is -0.161. The summed E-state index contributed by atoms with van der Waals surface area (Å²) in [6.45, 7) is 3.38. The molecular weight excluding hydrogens is 705 g/mol. The molecule has 0 aliphatic heterocycles. The monoisotopic (exact) mass is 780 g/mol. The van der Waals surface area contributed by atoms with E-state index in [0.717, 1.165) is 44.9 Å². The molecule has 0 bridgehead atoms. The number of esters is 2. The molecule has 0 saturated carbocycles. The van der Waals surface area contributed by atoms with Gasteiger partial charge in [0.05, 0.1) is 19.3 Å². The van der Waals surface area contributed by atoms with Crippen LogP contribution in [0.4, 0.5) is 0 Å². The molecule has 0 aliphatic rings. The minimum absolute atomic E-state index is 0.0353. The van der Waals surface area contributed by atoms with Crippen LogP contribution in [0.1, 0.15) is 149 Å². The summed E-state index contributed by atoms with van der Waals surface area (Å²) in [6, 6.07) is 0. The Morgan fingerprint density at radius 1 is 0.667 bits per heavy atom. The number of allylic oxidation sites excluding steroid dienone is 10. The molecule has 0 amide bonds. The molecule has 4 N–H and O–H groups in total. The maximum atomic E-state index is 12.6. The molecule has 0 aromatic heterocycles. The van der Waals surface area contributed by atoms with Gasteiger partial charge in [0.1, 0.15) is 6.61 Å². The second-order valence-electron chi connectivity index (χ2n) is 13.3. The number of ether oxygens (including phenoxy) is 2. The molecule has 3 atom stereocenters. The van der Waals surface area contributed by atoms with E-state index in [2.05, 4.69) is 31.2 Å². The Kier molecular flexibility index (Phi) is 36.8. The van der Waals surface area contributed by atoms with Crippen LogP contribution < -0.4 is 5.73 Å². The van der Waals surface area contributed by atoms with Gasteiger partial charge in [-0.05, 0) is 70.6 Å². The van der Waals surface area contributed by atoms with Gasteiger partial charge in [0.25, 0.3) is 0 Å². The summed E-state index contributed by atoms with van der Waals surface area (Å²) in [5.74, 6) is -0.933. The number of phosphoric acid groups is 1. The molecule has 0 heterocycles. The third kappa shape index (κ3) is 37.7. The van der Waals surface area contributed by atoms with Crippen LogP contribution in [-0.2, 0) is 32.7 Å². The van der Waals surface area contributed by atoms with Crippen molar-refractivity contribution in [2.45, 2.75) is 161 Å². The molecule has 0 aliphatic carbocycles. The first kappa shape index (κ1) is 51.4. The van der Waals surface area contributed by atoms with Crippen molar-refractivity contribution in [3.8, 4) is 0 Å². The summed E-state index contributed by atoms with van der Waals surface area (Å²) in [4.78, 5) is 34.8. The zero-order valence-corrected chi connectivity index (χ0v) is 34.4. The first-order chi connectivity index (χ1) is 26.2. The molecule has 54 heavy (non-hydrogen) atoms. The average Bonchev–Trinajstić information content (AvgIpc) is 3.15. The van der Waals surface area contributed by atoms with E-state index in [1.54, 1.807) is 0 Å². The Morgan fingerprint density at radius 3 is 1.93 bits per heavy atom. The van der Waals surface area contributed by atoms with Crippen molar-refractivity contribution in [2.24, 2.45) is 5.73 Å². The highest BCUT2D eigenvalue weighted by Gasteiger charge is 2.25. The number of unbranched alkanes of at least 4 members (excludes halogenated alkanes) is 12. The van der Waals surface area contributed by atoms with Gasteiger partial charge in [-0.1, -0.05) is 138 Å². The van der Waals surface area contributed by atoms with Gasteiger partial charge in [0, 0.05) is 19.4 Å². The lowest BCUT2D eigenvalue weighted by Crippen LogP contribution is -2.29. The SMILES string of the molecule is CC/C=C\C(O)C/C=C/C=C\C/C=C\C/C=C\CCCC(=O)OC[C@H](COP(=O)(O)OCCN)OC(=O)CCCCCCCCC/C=C\CCCCCC. The van der Waals surface area contributed by atoms with Gasteiger partial charge in [0.2, 0.25) is 0 Å². The quantitative estimate of drug-likeness (QED) is 0.0182. The van der Waals surface area contributed by atoms with Crippen LogP contribution >= 0.6 is 7.82 Å². The van der Waals surface area contributed by atoms with Crippen LogP contribution in [0.2, 0.25) is 0 Å². The van der Waals surface area contributed by atoms with Crippen molar-refractivity contribution < 1.29 is 42.7 Å². The minimum Gasteiger partial charge on any atom is -0.462 e. The molecule has 0 rings (SSSR count). The van der Waals surface area contributed by atoms with Gasteiger partial charge in [-0.2, -0.15) is 0 Å². The van der Waals surface area contributed by atoms with E-state index < -0.39 is 38.6 Å². The molecule has 0 radical (unpaired) electrons. The zero-order chi connectivity index (χ0) is 39.8. The van der Waals surface area contributed by atoms with Crippen LogP contribution in [0, 0.1) is 0 Å². The van der Waals surface area contributed by atoms with Crippen LogP contribution in [0.3, 0.4) is 0 Å². The maximum Gasteiger partial charge on any atom is 0.472 e. The molecule has 0 spiro atoms. The highest BCUT2D eigenvalue weighted by Crippen LogP contribution is 2.43. The number of carbonyl (C=O) groups excluding carboxylic acids is 2. The normalized spacial score (nSPS) is 14.7. The maximum absolute atomic E-state index is 12.6. The summed E-state index contributed by atoms with van der Waals surface area (Å²) in [5, 5.41) is 9.75. The fraction of sp³-hybridized carbons (Fsp3) is 0.674. The van der Waals surface area contributed by atoms with Crippen molar-refractivity contribution in [3.63, 3.8) is 0 Å². The van der Waals surface area contributed by atoms with Crippen molar-refractivity contribution >= 4 is 19.8 Å². The average molecular weight is 780 g/mol. The minimum atomic E-state index is -4.40. The van der Waals surface area contributed by atoms with Crippen LogP contribution in [0.25, 0.3) is 0 Å². The predicted molar refractivity (Wildman–Crippen MR) is 221 cm³/mol. The Balaban J connectivity index is 4.33. The van der Waals surface area contributed by atoms with E-state index in [1.165, 1.54) is 51.4 Å². The van der Waals surface area contributed by atoms with Gasteiger partial charge in [-0.25, -0.2) is 4.57 Å². The molecular formula is C43H74NO9P. The topological polar surface area (TPSA) is 155 Å². The molecule has 11 heteroatoms. The number of carbonyl (C=O) groups is 2. The Morgan fingerprint density at radius 2 is 1.24 bits per heavy atom. The van der Waals surface area contributed by atoms with E-state index in [4.69, 9.17) is 24.3 Å².